The lowest BCUT2D eigenvalue weighted by Crippen LogP contribution is -2.37. The lowest BCUT2D eigenvalue weighted by molar-refractivity contribution is -0.125. The van der Waals surface area contributed by atoms with Crippen LogP contribution in [-0.4, -0.2) is 67.9 Å². The van der Waals surface area contributed by atoms with Crippen LogP contribution in [0, 0.1) is 12.8 Å². The number of carbonyl (C=O) groups is 1. The first kappa shape index (κ1) is 22.7. The molecule has 0 radical (unpaired) electrons. The number of aromatic nitrogens is 3. The number of aliphatic imine (C=N–C) groups is 1. The number of carbonyl (C=O) groups excluding carboxylic acids is 1. The highest BCUT2D eigenvalue weighted by Gasteiger charge is 2.42. The average molecular weight is 474 g/mol. The van der Waals surface area contributed by atoms with Gasteiger partial charge in [-0.15, -0.1) is 0 Å². The lowest BCUT2D eigenvalue weighted by Gasteiger charge is -2.25. The molecule has 34 heavy (non-hydrogen) atoms. The first-order valence-electron chi connectivity index (χ1n) is 11.3. The van der Waals surface area contributed by atoms with Gasteiger partial charge in [0.2, 0.25) is 6.43 Å². The summed E-state index contributed by atoms with van der Waals surface area (Å²) in [6.45, 7) is 1.97. The molecule has 2 aromatic rings. The van der Waals surface area contributed by atoms with Gasteiger partial charge in [-0.3, -0.25) is 14.8 Å². The fraction of sp³-hybridized carbons (Fsp3) is 0.522. The minimum absolute atomic E-state index is 0.0135. The summed E-state index contributed by atoms with van der Waals surface area (Å²) in [6.07, 6.45) is 0.204. The summed E-state index contributed by atoms with van der Waals surface area (Å²) < 4.78 is 40.8. The number of nitrogens with zero attached hydrogens (tertiary/aromatic N) is 5. The molecule has 0 aromatic carbocycles. The molecule has 5 rings (SSSR count). The molecular formula is C23H25F3N6O2. The first-order chi connectivity index (χ1) is 16.3. The van der Waals surface area contributed by atoms with E-state index in [1.165, 1.54) is 11.2 Å². The van der Waals surface area contributed by atoms with E-state index in [2.05, 4.69) is 25.3 Å². The molecule has 5 atom stereocenters. The lowest BCUT2D eigenvalue weighted by atomic mass is 10.0. The minimum atomic E-state index is -2.52. The van der Waals surface area contributed by atoms with Crippen molar-refractivity contribution in [3.05, 3.63) is 47.2 Å². The van der Waals surface area contributed by atoms with E-state index in [0.717, 1.165) is 11.1 Å². The highest BCUT2D eigenvalue weighted by Crippen LogP contribution is 2.37. The Balaban J connectivity index is 1.41. The number of nitrogens with one attached hydrogen (secondary N) is 1. The summed E-state index contributed by atoms with van der Waals surface area (Å²) in [7, 11) is 0. The molecule has 2 aromatic heterocycles. The van der Waals surface area contributed by atoms with E-state index in [1.807, 2.05) is 13.0 Å². The standard InChI is InChI=1S/C23H25F3N6O2/c1-11-2-13(7-27-6-11)17-5-14(24)9-32(17)23(34)20-19-16(8-28-20)29-10-30-22(19)31-15-3-12(21(25)26)4-18(15)33/h2,6-7,10,12,14-15,17-18,21,33H,3-5,8-9H2,1H3,(H,29,30,31)/t12-,14+,15-,17-,18-/m1/s1. The van der Waals surface area contributed by atoms with Crippen LogP contribution in [0.5, 0.6) is 0 Å². The second-order valence-electron chi connectivity index (χ2n) is 9.19. The molecule has 8 nitrogen and oxygen atoms in total. The third-order valence-corrected chi connectivity index (χ3v) is 6.79. The van der Waals surface area contributed by atoms with Gasteiger partial charge in [0.05, 0.1) is 42.5 Å². The van der Waals surface area contributed by atoms with Gasteiger partial charge < -0.3 is 15.3 Å². The first-order valence-corrected chi connectivity index (χ1v) is 11.3. The van der Waals surface area contributed by atoms with E-state index in [0.29, 0.717) is 11.3 Å². The van der Waals surface area contributed by atoms with Crippen molar-refractivity contribution in [2.75, 3.05) is 11.9 Å². The Morgan fingerprint density at radius 3 is 2.79 bits per heavy atom. The topological polar surface area (TPSA) is 104 Å². The second-order valence-corrected chi connectivity index (χ2v) is 9.19. The van der Waals surface area contributed by atoms with Crippen molar-refractivity contribution in [2.45, 2.75) is 63.5 Å². The van der Waals surface area contributed by atoms with Gasteiger partial charge in [-0.25, -0.2) is 23.1 Å². The number of halogens is 3. The summed E-state index contributed by atoms with van der Waals surface area (Å²) >= 11 is 0. The van der Waals surface area contributed by atoms with Crippen molar-refractivity contribution < 1.29 is 23.1 Å². The van der Waals surface area contributed by atoms with Gasteiger partial charge in [0.1, 0.15) is 24.0 Å². The molecule has 4 heterocycles. The van der Waals surface area contributed by atoms with Gasteiger partial charge in [0.15, 0.2) is 0 Å². The zero-order valence-electron chi connectivity index (χ0n) is 18.5. The second kappa shape index (κ2) is 8.94. The van der Waals surface area contributed by atoms with E-state index in [9.17, 15) is 23.1 Å². The molecular weight excluding hydrogens is 449 g/mol. The van der Waals surface area contributed by atoms with E-state index in [-0.39, 0.29) is 43.9 Å². The summed E-state index contributed by atoms with van der Waals surface area (Å²) in [4.78, 5) is 32.1. The molecule has 2 fully saturated rings. The molecule has 180 valence electrons. The van der Waals surface area contributed by atoms with E-state index in [1.54, 1.807) is 12.4 Å². The fourth-order valence-electron chi connectivity index (χ4n) is 5.12. The third-order valence-electron chi connectivity index (χ3n) is 6.79. The molecule has 1 saturated carbocycles. The van der Waals surface area contributed by atoms with Crippen LogP contribution in [0.15, 0.2) is 29.8 Å². The SMILES string of the molecule is Cc1cncc([C@H]2C[C@H](F)CN2C(=O)C2=NCc3ncnc(N[C@@H]4C[C@@H](C(F)F)C[C@H]4O)c32)c1. The monoisotopic (exact) mass is 474 g/mol. The summed E-state index contributed by atoms with van der Waals surface area (Å²) in [5.74, 6) is -1.09. The number of fused-ring (bicyclic) bond motifs is 1. The summed E-state index contributed by atoms with van der Waals surface area (Å²) in [5, 5.41) is 13.3. The van der Waals surface area contributed by atoms with Crippen molar-refractivity contribution in [1.82, 2.24) is 19.9 Å². The van der Waals surface area contributed by atoms with Gasteiger partial charge in [-0.2, -0.15) is 0 Å². The number of pyridine rings is 1. The van der Waals surface area contributed by atoms with Crippen molar-refractivity contribution in [3.8, 4) is 0 Å². The molecule has 1 saturated heterocycles. The normalized spacial score (nSPS) is 28.4. The van der Waals surface area contributed by atoms with Crippen LogP contribution >= 0.6 is 0 Å². The predicted octanol–water partition coefficient (Wildman–Crippen LogP) is 2.61. The Morgan fingerprint density at radius 2 is 2.06 bits per heavy atom. The molecule has 11 heteroatoms. The molecule has 1 aliphatic carbocycles. The largest absolute Gasteiger partial charge is 0.391 e. The number of rotatable bonds is 5. The van der Waals surface area contributed by atoms with Crippen molar-refractivity contribution in [2.24, 2.45) is 10.9 Å². The maximum Gasteiger partial charge on any atom is 0.273 e. The highest BCUT2D eigenvalue weighted by molar-refractivity contribution is 6.47. The van der Waals surface area contributed by atoms with Crippen molar-refractivity contribution in [3.63, 3.8) is 0 Å². The quantitative estimate of drug-likeness (QED) is 0.691. The Bertz CT molecular complexity index is 1130. The molecule has 0 spiro atoms. The van der Waals surface area contributed by atoms with E-state index in [4.69, 9.17) is 0 Å². The van der Waals surface area contributed by atoms with E-state index < -0.39 is 42.6 Å². The molecule has 2 aliphatic heterocycles. The number of hydrogen-bond acceptors (Lipinski definition) is 7. The molecule has 1 amide bonds. The number of alkyl halides is 3. The van der Waals surface area contributed by atoms with Crippen LogP contribution in [0.4, 0.5) is 19.0 Å². The summed E-state index contributed by atoms with van der Waals surface area (Å²) in [5.41, 5.74) is 2.66. The van der Waals surface area contributed by atoms with Crippen LogP contribution in [0.2, 0.25) is 0 Å². The van der Waals surface area contributed by atoms with Gasteiger partial charge in [-0.05, 0) is 30.9 Å². The van der Waals surface area contributed by atoms with Gasteiger partial charge in [0, 0.05) is 24.7 Å². The van der Waals surface area contributed by atoms with Crippen molar-refractivity contribution >= 4 is 17.4 Å². The fourth-order valence-corrected chi connectivity index (χ4v) is 5.12. The Morgan fingerprint density at radius 1 is 1.24 bits per heavy atom. The molecule has 3 aliphatic rings. The zero-order chi connectivity index (χ0) is 24.0. The van der Waals surface area contributed by atoms with Crippen LogP contribution in [0.3, 0.4) is 0 Å². The number of hydrogen-bond donors (Lipinski definition) is 2. The smallest absolute Gasteiger partial charge is 0.273 e. The molecule has 0 unspecified atom stereocenters. The molecule has 2 N–H and O–H groups in total. The number of aryl methyl sites for hydroxylation is 1. The zero-order valence-corrected chi connectivity index (χ0v) is 18.5. The van der Waals surface area contributed by atoms with Crippen molar-refractivity contribution in [1.29, 1.82) is 0 Å². The maximum absolute atomic E-state index is 14.5. The molecule has 0 bridgehead atoms. The maximum atomic E-state index is 14.5. The average Bonchev–Trinajstić information content (AvgIpc) is 3.51. The number of anilines is 1. The summed E-state index contributed by atoms with van der Waals surface area (Å²) in [6, 6.07) is 0.770. The minimum Gasteiger partial charge on any atom is -0.391 e. The Kier molecular flexibility index (Phi) is 5.97. The third kappa shape index (κ3) is 4.13. The van der Waals surface area contributed by atoms with Gasteiger partial charge in [-0.1, -0.05) is 6.07 Å². The van der Waals surface area contributed by atoms with Crippen LogP contribution in [0.1, 0.15) is 47.7 Å². The van der Waals surface area contributed by atoms with Gasteiger partial charge in [0.25, 0.3) is 5.91 Å². The van der Waals surface area contributed by atoms with Crippen LogP contribution in [0.25, 0.3) is 0 Å². The number of aliphatic hydroxyl groups is 1. The van der Waals surface area contributed by atoms with E-state index >= 15 is 0 Å². The predicted molar refractivity (Wildman–Crippen MR) is 117 cm³/mol. The number of aliphatic hydroxyl groups excluding tert-OH is 1. The number of amides is 1. The number of likely N-dealkylation sites (tertiary alicyclic amines) is 1. The highest BCUT2D eigenvalue weighted by atomic mass is 19.3. The van der Waals surface area contributed by atoms with Gasteiger partial charge >= 0.3 is 0 Å². The Hall–Kier alpha value is -3.08. The van der Waals surface area contributed by atoms with Crippen LogP contribution in [-0.2, 0) is 11.3 Å². The Labute approximate surface area is 194 Å². The van der Waals surface area contributed by atoms with Crippen LogP contribution < -0.4 is 5.32 Å².